The van der Waals surface area contributed by atoms with E-state index >= 15 is 0 Å². The molecule has 4 heteroatoms. The molecule has 2 unspecified atom stereocenters. The first-order chi connectivity index (χ1) is 8.63. The number of nitrogens with zero attached hydrogens (tertiary/aromatic N) is 1. The molecule has 0 aliphatic carbocycles. The molecule has 3 nitrogen and oxygen atoms in total. The van der Waals surface area contributed by atoms with E-state index in [1.54, 1.807) is 7.11 Å². The maximum Gasteiger partial charge on any atom is 0.128 e. The lowest BCUT2D eigenvalue weighted by Crippen LogP contribution is -2.24. The SMILES string of the molecule is COc1c(C)cnc(CC(O)C2CCCS2)c1C. The number of hydrogen-bond acceptors (Lipinski definition) is 4. The molecule has 0 bridgehead atoms. The van der Waals surface area contributed by atoms with E-state index in [0.29, 0.717) is 11.7 Å². The average molecular weight is 267 g/mol. The fourth-order valence-electron chi connectivity index (χ4n) is 2.51. The highest BCUT2D eigenvalue weighted by Crippen LogP contribution is 2.31. The third kappa shape index (κ3) is 2.81. The minimum absolute atomic E-state index is 0.295. The van der Waals surface area contributed by atoms with Gasteiger partial charge in [0.05, 0.1) is 13.2 Å². The molecule has 0 aromatic carbocycles. The molecule has 1 N–H and O–H groups in total. The minimum atomic E-state index is -0.295. The number of pyridine rings is 1. The van der Waals surface area contributed by atoms with Crippen LogP contribution in [-0.2, 0) is 6.42 Å². The summed E-state index contributed by atoms with van der Waals surface area (Å²) in [4.78, 5) is 4.45. The van der Waals surface area contributed by atoms with Gasteiger partial charge < -0.3 is 9.84 Å². The molecule has 0 amide bonds. The van der Waals surface area contributed by atoms with Gasteiger partial charge in [-0.05, 0) is 32.4 Å². The van der Waals surface area contributed by atoms with E-state index < -0.39 is 0 Å². The minimum Gasteiger partial charge on any atom is -0.496 e. The first kappa shape index (κ1) is 13.7. The van der Waals surface area contributed by atoms with Crippen LogP contribution in [0.4, 0.5) is 0 Å². The number of hydrogen-bond donors (Lipinski definition) is 1. The summed E-state index contributed by atoms with van der Waals surface area (Å²) in [7, 11) is 1.68. The molecule has 1 aliphatic heterocycles. The maximum absolute atomic E-state index is 10.3. The van der Waals surface area contributed by atoms with Crippen LogP contribution in [0.2, 0.25) is 0 Å². The standard InChI is InChI=1S/C14H21NO2S/c1-9-8-15-11(10(2)14(9)17-3)7-12(16)13-5-4-6-18-13/h8,12-13,16H,4-7H2,1-3H3. The number of ether oxygens (including phenoxy) is 1. The van der Waals surface area contributed by atoms with Crippen LogP contribution in [0.1, 0.15) is 29.7 Å². The Balaban J connectivity index is 2.13. The fourth-order valence-corrected chi connectivity index (χ4v) is 3.80. The molecule has 1 aliphatic rings. The van der Waals surface area contributed by atoms with Crippen LogP contribution in [0.5, 0.6) is 5.75 Å². The number of thioether (sulfide) groups is 1. The molecular weight excluding hydrogens is 246 g/mol. The quantitative estimate of drug-likeness (QED) is 0.910. The molecule has 0 spiro atoms. The predicted molar refractivity (Wildman–Crippen MR) is 75.5 cm³/mol. The second kappa shape index (κ2) is 5.93. The molecule has 1 saturated heterocycles. The van der Waals surface area contributed by atoms with Gasteiger partial charge in [-0.1, -0.05) is 0 Å². The number of rotatable bonds is 4. The molecule has 2 heterocycles. The third-order valence-corrected chi connectivity index (χ3v) is 5.05. The van der Waals surface area contributed by atoms with Crippen molar-refractivity contribution in [2.45, 2.75) is 44.5 Å². The average Bonchev–Trinajstić information content (AvgIpc) is 2.87. The Bertz CT molecular complexity index is 417. The van der Waals surface area contributed by atoms with Crippen molar-refractivity contribution in [2.75, 3.05) is 12.9 Å². The summed E-state index contributed by atoms with van der Waals surface area (Å²) >= 11 is 1.88. The lowest BCUT2D eigenvalue weighted by molar-refractivity contribution is 0.169. The van der Waals surface area contributed by atoms with Crippen LogP contribution in [-0.4, -0.2) is 34.3 Å². The van der Waals surface area contributed by atoms with Gasteiger partial charge in [-0.15, -0.1) is 0 Å². The van der Waals surface area contributed by atoms with Crippen LogP contribution in [0.3, 0.4) is 0 Å². The van der Waals surface area contributed by atoms with E-state index in [9.17, 15) is 5.11 Å². The molecule has 0 saturated carbocycles. The van der Waals surface area contributed by atoms with Crippen LogP contribution >= 0.6 is 11.8 Å². The van der Waals surface area contributed by atoms with Crippen molar-refractivity contribution in [3.63, 3.8) is 0 Å². The number of aliphatic hydroxyl groups is 1. The summed E-state index contributed by atoms with van der Waals surface area (Å²) in [6, 6.07) is 0. The van der Waals surface area contributed by atoms with Gasteiger partial charge in [0, 0.05) is 34.7 Å². The summed E-state index contributed by atoms with van der Waals surface area (Å²) in [6.07, 6.45) is 4.50. The number of methoxy groups -OCH3 is 1. The highest BCUT2D eigenvalue weighted by atomic mass is 32.2. The van der Waals surface area contributed by atoms with Crippen molar-refractivity contribution in [3.05, 3.63) is 23.0 Å². The summed E-state index contributed by atoms with van der Waals surface area (Å²) in [5, 5.41) is 10.6. The van der Waals surface area contributed by atoms with Gasteiger partial charge in [0.15, 0.2) is 0 Å². The monoisotopic (exact) mass is 267 g/mol. The summed E-state index contributed by atoms with van der Waals surface area (Å²) in [5.41, 5.74) is 3.06. The Kier molecular flexibility index (Phi) is 4.51. The van der Waals surface area contributed by atoms with Gasteiger partial charge in [0.25, 0.3) is 0 Å². The lowest BCUT2D eigenvalue weighted by atomic mass is 10.0. The first-order valence-corrected chi connectivity index (χ1v) is 7.47. The van der Waals surface area contributed by atoms with Crippen LogP contribution in [0.15, 0.2) is 6.20 Å². The topological polar surface area (TPSA) is 42.4 Å². The Morgan fingerprint density at radius 1 is 1.56 bits per heavy atom. The molecule has 100 valence electrons. The zero-order valence-electron chi connectivity index (χ0n) is 11.3. The largest absolute Gasteiger partial charge is 0.496 e. The van der Waals surface area contributed by atoms with Crippen molar-refractivity contribution in [2.24, 2.45) is 0 Å². The lowest BCUT2D eigenvalue weighted by Gasteiger charge is -2.19. The van der Waals surface area contributed by atoms with E-state index in [0.717, 1.165) is 29.0 Å². The number of aliphatic hydroxyl groups excluding tert-OH is 1. The van der Waals surface area contributed by atoms with Gasteiger partial charge in [-0.3, -0.25) is 4.98 Å². The van der Waals surface area contributed by atoms with E-state index in [-0.39, 0.29) is 6.10 Å². The van der Waals surface area contributed by atoms with E-state index in [2.05, 4.69) is 4.98 Å². The maximum atomic E-state index is 10.3. The molecule has 2 rings (SSSR count). The third-order valence-electron chi connectivity index (χ3n) is 3.55. The molecular formula is C14H21NO2S. The first-order valence-electron chi connectivity index (χ1n) is 6.42. The van der Waals surface area contributed by atoms with Gasteiger partial charge in [0.1, 0.15) is 5.75 Å². The highest BCUT2D eigenvalue weighted by Gasteiger charge is 2.25. The normalized spacial score (nSPS) is 21.0. The molecule has 1 aromatic rings. The van der Waals surface area contributed by atoms with E-state index in [4.69, 9.17) is 4.74 Å². The Labute approximate surface area is 113 Å². The Morgan fingerprint density at radius 2 is 2.33 bits per heavy atom. The van der Waals surface area contributed by atoms with Gasteiger partial charge in [0.2, 0.25) is 0 Å². The van der Waals surface area contributed by atoms with Crippen molar-refractivity contribution in [1.82, 2.24) is 4.98 Å². The van der Waals surface area contributed by atoms with Crippen molar-refractivity contribution >= 4 is 11.8 Å². The Morgan fingerprint density at radius 3 is 2.94 bits per heavy atom. The highest BCUT2D eigenvalue weighted by molar-refractivity contribution is 8.00. The molecule has 1 fully saturated rings. The zero-order chi connectivity index (χ0) is 13.1. The zero-order valence-corrected chi connectivity index (χ0v) is 12.1. The predicted octanol–water partition coefficient (Wildman–Crippen LogP) is 2.51. The van der Waals surface area contributed by atoms with Gasteiger partial charge >= 0.3 is 0 Å². The molecule has 1 aromatic heterocycles. The van der Waals surface area contributed by atoms with Crippen molar-refractivity contribution in [3.8, 4) is 5.75 Å². The Hall–Kier alpha value is -0.740. The second-order valence-electron chi connectivity index (χ2n) is 4.87. The van der Waals surface area contributed by atoms with Crippen molar-refractivity contribution < 1.29 is 9.84 Å². The number of aryl methyl sites for hydroxylation is 1. The summed E-state index contributed by atoms with van der Waals surface area (Å²) in [6.45, 7) is 4.01. The van der Waals surface area contributed by atoms with Crippen molar-refractivity contribution in [1.29, 1.82) is 0 Å². The molecule has 18 heavy (non-hydrogen) atoms. The van der Waals surface area contributed by atoms with Crippen LogP contribution in [0.25, 0.3) is 0 Å². The van der Waals surface area contributed by atoms with Crippen LogP contribution < -0.4 is 4.74 Å². The summed E-state index contributed by atoms with van der Waals surface area (Å²) in [5.74, 6) is 2.07. The van der Waals surface area contributed by atoms with E-state index in [1.807, 2.05) is 31.8 Å². The van der Waals surface area contributed by atoms with Crippen LogP contribution in [0, 0.1) is 13.8 Å². The smallest absolute Gasteiger partial charge is 0.128 e. The van der Waals surface area contributed by atoms with Gasteiger partial charge in [-0.2, -0.15) is 11.8 Å². The van der Waals surface area contributed by atoms with Gasteiger partial charge in [-0.25, -0.2) is 0 Å². The summed E-state index contributed by atoms with van der Waals surface area (Å²) < 4.78 is 5.40. The number of aromatic nitrogens is 1. The second-order valence-corrected chi connectivity index (χ2v) is 6.22. The molecule has 0 radical (unpaired) electrons. The fraction of sp³-hybridized carbons (Fsp3) is 0.643. The molecule has 2 atom stereocenters. The van der Waals surface area contributed by atoms with E-state index in [1.165, 1.54) is 12.2 Å².